The fraction of sp³-hybridized carbons (Fsp3) is 0.750. The first-order valence-electron chi connectivity index (χ1n) is 4.16. The van der Waals surface area contributed by atoms with Gasteiger partial charge in [-0.15, -0.1) is 0 Å². The van der Waals surface area contributed by atoms with E-state index < -0.39 is 0 Å². The van der Waals surface area contributed by atoms with Crippen LogP contribution in [0.5, 0.6) is 0 Å². The highest BCUT2D eigenvalue weighted by molar-refractivity contribution is 8.22. The van der Waals surface area contributed by atoms with Gasteiger partial charge >= 0.3 is 5.97 Å². The van der Waals surface area contributed by atoms with Gasteiger partial charge in [0, 0.05) is 20.0 Å². The van der Waals surface area contributed by atoms with Gasteiger partial charge in [0.05, 0.1) is 0 Å². The molecular formula is C8H15NO2S2. The summed E-state index contributed by atoms with van der Waals surface area (Å²) in [5.74, 6) is 0.0415. The second kappa shape index (κ2) is 7.15. The molecule has 0 bridgehead atoms. The molecule has 0 radical (unpaired) electrons. The minimum Gasteiger partial charge on any atom is -0.454 e. The minimum atomic E-state index is -0.269. The molecule has 0 aliphatic heterocycles. The number of carbonyl (C=O) groups is 1. The van der Waals surface area contributed by atoms with Crippen LogP contribution in [-0.4, -0.2) is 34.2 Å². The van der Waals surface area contributed by atoms with E-state index in [1.165, 1.54) is 18.7 Å². The van der Waals surface area contributed by atoms with Gasteiger partial charge in [-0.25, -0.2) is 0 Å². The lowest BCUT2D eigenvalue weighted by atomic mass is 10.6. The number of ether oxygens (including phenoxy) is 1. The molecule has 76 valence electrons. The molecule has 0 spiro atoms. The van der Waals surface area contributed by atoms with Crippen LogP contribution in [0.1, 0.15) is 20.8 Å². The summed E-state index contributed by atoms with van der Waals surface area (Å²) in [6, 6.07) is 0. The number of carbonyl (C=O) groups excluding carboxylic acids is 1. The topological polar surface area (TPSA) is 29.5 Å². The number of rotatable bonds is 4. The van der Waals surface area contributed by atoms with E-state index in [0.29, 0.717) is 5.94 Å². The average Bonchev–Trinajstić information content (AvgIpc) is 2.05. The summed E-state index contributed by atoms with van der Waals surface area (Å²) in [5, 5.41) is 0. The Morgan fingerprint density at radius 3 is 2.38 bits per heavy atom. The lowest BCUT2D eigenvalue weighted by Gasteiger charge is -2.20. The van der Waals surface area contributed by atoms with E-state index in [-0.39, 0.29) is 5.97 Å². The van der Waals surface area contributed by atoms with Crippen molar-refractivity contribution >= 4 is 34.3 Å². The molecule has 0 aliphatic carbocycles. The molecule has 0 saturated heterocycles. The number of hydrogen-bond donors (Lipinski definition) is 0. The molecule has 0 heterocycles. The Labute approximate surface area is 88.8 Å². The van der Waals surface area contributed by atoms with Crippen LogP contribution in [0.4, 0.5) is 0 Å². The molecule has 0 atom stereocenters. The number of esters is 1. The molecule has 0 N–H and O–H groups in total. The van der Waals surface area contributed by atoms with Crippen LogP contribution in [0.25, 0.3) is 0 Å². The van der Waals surface area contributed by atoms with E-state index in [9.17, 15) is 4.79 Å². The van der Waals surface area contributed by atoms with E-state index in [2.05, 4.69) is 0 Å². The molecule has 0 unspecified atom stereocenters. The maximum Gasteiger partial charge on any atom is 0.303 e. The Kier molecular flexibility index (Phi) is 6.99. The highest BCUT2D eigenvalue weighted by Gasteiger charge is 2.05. The Hall–Kier alpha value is -0.290. The Morgan fingerprint density at radius 2 is 2.00 bits per heavy atom. The molecule has 0 rings (SSSR count). The van der Waals surface area contributed by atoms with Crippen LogP contribution in [0.2, 0.25) is 0 Å². The fourth-order valence-electron chi connectivity index (χ4n) is 0.736. The lowest BCUT2D eigenvalue weighted by Crippen LogP contribution is -2.27. The molecule has 0 fully saturated rings. The first-order chi connectivity index (χ1) is 6.11. The summed E-state index contributed by atoms with van der Waals surface area (Å²) in [5.41, 5.74) is 0. The third-order valence-corrected chi connectivity index (χ3v) is 2.82. The maximum absolute atomic E-state index is 10.4. The zero-order valence-electron chi connectivity index (χ0n) is 8.20. The van der Waals surface area contributed by atoms with Gasteiger partial charge in [0.15, 0.2) is 0 Å². The van der Waals surface area contributed by atoms with Crippen molar-refractivity contribution in [3.8, 4) is 0 Å². The van der Waals surface area contributed by atoms with E-state index in [1.807, 2.05) is 18.7 Å². The molecule has 5 heteroatoms. The monoisotopic (exact) mass is 221 g/mol. The zero-order chi connectivity index (χ0) is 10.3. The smallest absolute Gasteiger partial charge is 0.303 e. The fourth-order valence-corrected chi connectivity index (χ4v) is 1.90. The van der Waals surface area contributed by atoms with Crippen molar-refractivity contribution in [1.29, 1.82) is 0 Å². The summed E-state index contributed by atoms with van der Waals surface area (Å²) in [6.45, 7) is 7.26. The van der Waals surface area contributed by atoms with Crippen molar-refractivity contribution in [1.82, 2.24) is 4.90 Å². The van der Waals surface area contributed by atoms with Gasteiger partial charge < -0.3 is 9.64 Å². The van der Waals surface area contributed by atoms with Gasteiger partial charge in [0.25, 0.3) is 0 Å². The van der Waals surface area contributed by atoms with Crippen LogP contribution in [0.3, 0.4) is 0 Å². The quantitative estimate of drug-likeness (QED) is 0.411. The molecule has 13 heavy (non-hydrogen) atoms. The highest BCUT2D eigenvalue weighted by atomic mass is 32.2. The Balaban J connectivity index is 3.66. The van der Waals surface area contributed by atoms with Crippen molar-refractivity contribution in [2.75, 3.05) is 19.0 Å². The van der Waals surface area contributed by atoms with Crippen molar-refractivity contribution in [2.45, 2.75) is 20.8 Å². The number of thiocarbonyl (C=S) groups is 1. The summed E-state index contributed by atoms with van der Waals surface area (Å²) in [7, 11) is 0. The van der Waals surface area contributed by atoms with Gasteiger partial charge in [0.2, 0.25) is 0 Å². The van der Waals surface area contributed by atoms with Crippen molar-refractivity contribution in [2.24, 2.45) is 0 Å². The molecule has 0 aliphatic rings. The van der Waals surface area contributed by atoms with Crippen molar-refractivity contribution in [3.05, 3.63) is 0 Å². The van der Waals surface area contributed by atoms with E-state index in [1.54, 1.807) is 0 Å². The van der Waals surface area contributed by atoms with E-state index in [4.69, 9.17) is 17.0 Å². The predicted octanol–water partition coefficient (Wildman–Crippen LogP) is 1.87. The van der Waals surface area contributed by atoms with E-state index >= 15 is 0 Å². The van der Waals surface area contributed by atoms with Gasteiger partial charge in [-0.1, -0.05) is 24.0 Å². The number of nitrogens with zero attached hydrogens (tertiary/aromatic N) is 1. The van der Waals surface area contributed by atoms with Crippen LogP contribution >= 0.6 is 24.0 Å². The van der Waals surface area contributed by atoms with Crippen LogP contribution in [0.15, 0.2) is 0 Å². The van der Waals surface area contributed by atoms with Crippen molar-refractivity contribution in [3.63, 3.8) is 0 Å². The summed E-state index contributed by atoms with van der Waals surface area (Å²) < 4.78 is 5.55. The predicted molar refractivity (Wildman–Crippen MR) is 59.7 cm³/mol. The average molecular weight is 221 g/mol. The lowest BCUT2D eigenvalue weighted by molar-refractivity contribution is -0.138. The molecule has 0 saturated carbocycles. The minimum absolute atomic E-state index is 0.269. The largest absolute Gasteiger partial charge is 0.454 e. The molecule has 0 aromatic rings. The molecular weight excluding hydrogens is 206 g/mol. The van der Waals surface area contributed by atoms with Gasteiger partial charge in [0.1, 0.15) is 10.3 Å². The molecule has 0 aromatic heterocycles. The third kappa shape index (κ3) is 5.87. The molecule has 0 amide bonds. The zero-order valence-corrected chi connectivity index (χ0v) is 9.83. The molecule has 0 aromatic carbocycles. The first kappa shape index (κ1) is 12.7. The standard InChI is InChI=1S/C8H15NO2S2/c1-4-9(5-2)8(12)13-6-11-7(3)10/h4-6H2,1-3H3. The SMILES string of the molecule is CCN(CC)C(=S)SCOC(C)=O. The Bertz CT molecular complexity index is 181. The third-order valence-electron chi connectivity index (χ3n) is 1.47. The second-order valence-corrected chi connectivity index (χ2v) is 3.89. The Morgan fingerprint density at radius 1 is 1.46 bits per heavy atom. The van der Waals surface area contributed by atoms with Gasteiger partial charge in [-0.05, 0) is 13.8 Å². The maximum atomic E-state index is 10.4. The van der Waals surface area contributed by atoms with Crippen LogP contribution < -0.4 is 0 Å². The first-order valence-corrected chi connectivity index (χ1v) is 5.56. The second-order valence-electron chi connectivity index (χ2n) is 2.34. The van der Waals surface area contributed by atoms with Crippen LogP contribution in [-0.2, 0) is 9.53 Å². The number of thioether (sulfide) groups is 1. The highest BCUT2D eigenvalue weighted by Crippen LogP contribution is 2.09. The van der Waals surface area contributed by atoms with E-state index in [0.717, 1.165) is 17.4 Å². The normalized spacial score (nSPS) is 9.46. The van der Waals surface area contributed by atoms with Gasteiger partial charge in [-0.3, -0.25) is 4.79 Å². The van der Waals surface area contributed by atoms with Gasteiger partial charge in [-0.2, -0.15) is 0 Å². The summed E-state index contributed by atoms with van der Waals surface area (Å²) in [6.07, 6.45) is 0. The van der Waals surface area contributed by atoms with Crippen LogP contribution in [0, 0.1) is 0 Å². The molecule has 3 nitrogen and oxygen atoms in total. The van der Waals surface area contributed by atoms with Crippen molar-refractivity contribution < 1.29 is 9.53 Å². The summed E-state index contributed by atoms with van der Waals surface area (Å²) >= 11 is 6.50. The number of hydrogen-bond acceptors (Lipinski definition) is 4. The summed E-state index contributed by atoms with van der Waals surface area (Å²) in [4.78, 5) is 12.5.